The van der Waals surface area contributed by atoms with E-state index in [0.717, 1.165) is 17.1 Å². The third-order valence-electron chi connectivity index (χ3n) is 4.41. The van der Waals surface area contributed by atoms with Crippen LogP contribution in [-0.4, -0.2) is 27.1 Å². The van der Waals surface area contributed by atoms with Gasteiger partial charge in [-0.1, -0.05) is 65.3 Å². The molecule has 2 aromatic rings. The molecule has 0 fully saturated rings. The maximum absolute atomic E-state index is 14.1. The van der Waals surface area contributed by atoms with Crippen LogP contribution in [0, 0.1) is 5.82 Å². The van der Waals surface area contributed by atoms with Crippen molar-refractivity contribution in [2.45, 2.75) is 61.6 Å². The topological polar surface area (TPSA) is 76.2 Å². The van der Waals surface area contributed by atoms with Gasteiger partial charge in [-0.15, -0.1) is 0 Å². The minimum atomic E-state index is -0.480. The molecule has 3 rings (SSSR count). The van der Waals surface area contributed by atoms with E-state index < -0.39 is 5.82 Å². The number of aryl methyl sites for hydroxylation is 1. The Labute approximate surface area is 203 Å². The Kier molecular flexibility index (Phi) is 14.8. The normalized spacial score (nSPS) is 13.7. The van der Waals surface area contributed by atoms with E-state index in [1.54, 1.807) is 40.1 Å². The van der Waals surface area contributed by atoms with Gasteiger partial charge in [-0.3, -0.25) is 9.48 Å². The number of nitrogens with two attached hydrogens (primary N) is 1. The first kappa shape index (κ1) is 30.4. The molecule has 1 aromatic carbocycles. The molecule has 1 aliphatic rings. The van der Waals surface area contributed by atoms with E-state index in [9.17, 15) is 9.18 Å². The number of carbonyl (C=O) groups excluding carboxylic acids is 1. The van der Waals surface area contributed by atoms with Crippen LogP contribution < -0.4 is 11.1 Å². The summed E-state index contributed by atoms with van der Waals surface area (Å²) in [5, 5.41) is 8.09. The molecule has 3 N–H and O–H groups in total. The molecule has 0 spiro atoms. The van der Waals surface area contributed by atoms with Gasteiger partial charge < -0.3 is 16.0 Å². The van der Waals surface area contributed by atoms with Crippen molar-refractivity contribution in [3.8, 4) is 0 Å². The molecule has 2 heterocycles. The summed E-state index contributed by atoms with van der Waals surface area (Å²) in [6, 6.07) is 4.37. The smallest absolute Gasteiger partial charge is 0.254 e. The molecule has 1 amide bonds. The average molecular weight is 480 g/mol. The molecule has 6 nitrogen and oxygen atoms in total. The average Bonchev–Trinajstić information content (AvgIpc) is 3.09. The summed E-state index contributed by atoms with van der Waals surface area (Å²) in [5.41, 5.74) is 7.75. The van der Waals surface area contributed by atoms with Crippen LogP contribution in [0.2, 0.25) is 0 Å². The van der Waals surface area contributed by atoms with Crippen molar-refractivity contribution in [2.24, 2.45) is 12.8 Å². The molecule has 0 atom stereocenters. The minimum absolute atomic E-state index is 0.0850. The van der Waals surface area contributed by atoms with Crippen molar-refractivity contribution in [1.29, 1.82) is 0 Å². The van der Waals surface area contributed by atoms with Crippen molar-refractivity contribution in [3.05, 3.63) is 69.8 Å². The lowest BCUT2D eigenvalue weighted by Gasteiger charge is -2.21. The summed E-state index contributed by atoms with van der Waals surface area (Å²) >= 11 is 6.15. The van der Waals surface area contributed by atoms with Gasteiger partial charge in [0.05, 0.1) is 19.3 Å². The number of allylic oxidation sites excluding steroid dienone is 3. The fourth-order valence-corrected chi connectivity index (χ4v) is 3.05. The third kappa shape index (κ3) is 8.33. The Bertz CT molecular complexity index is 937. The van der Waals surface area contributed by atoms with Crippen LogP contribution in [0.25, 0.3) is 0 Å². The number of hydrogen-bond donors (Lipinski definition) is 2. The van der Waals surface area contributed by atoms with Gasteiger partial charge in [-0.25, -0.2) is 4.39 Å². The van der Waals surface area contributed by atoms with Crippen LogP contribution in [0.1, 0.15) is 70.0 Å². The largest absolute Gasteiger partial charge is 0.342 e. The Morgan fingerprint density at radius 2 is 1.85 bits per heavy atom. The lowest BCUT2D eigenvalue weighted by molar-refractivity contribution is 0.0760. The van der Waals surface area contributed by atoms with E-state index in [0.29, 0.717) is 23.7 Å². The van der Waals surface area contributed by atoms with E-state index in [2.05, 4.69) is 10.4 Å². The lowest BCUT2D eigenvalue weighted by Crippen LogP contribution is -2.32. The standard InChI is InChI=1S/C19H21ClFN5O.3C2H6/c1-3-15(20)7-16-11-26(10-14-9-23-25(2)18(14)24-16)19(27)12-4-5-13(8-22)17(21)6-12;3*1-2/h3-7,9,24H,8,10-11,22H2,1-2H3;3*1-2H3/b15-3+,16-7+;;;. The van der Waals surface area contributed by atoms with Gasteiger partial charge in [0.2, 0.25) is 0 Å². The number of nitrogens with zero attached hydrogens (tertiary/aromatic N) is 3. The van der Waals surface area contributed by atoms with E-state index in [4.69, 9.17) is 17.3 Å². The van der Waals surface area contributed by atoms with E-state index in [1.807, 2.05) is 55.5 Å². The van der Waals surface area contributed by atoms with Crippen LogP contribution in [0.4, 0.5) is 10.2 Å². The second-order valence-electron chi connectivity index (χ2n) is 6.28. The summed E-state index contributed by atoms with van der Waals surface area (Å²) in [6.07, 6.45) is 5.24. The highest BCUT2D eigenvalue weighted by Gasteiger charge is 2.25. The number of amides is 1. The van der Waals surface area contributed by atoms with E-state index in [-0.39, 0.29) is 18.0 Å². The lowest BCUT2D eigenvalue weighted by atomic mass is 10.1. The van der Waals surface area contributed by atoms with E-state index >= 15 is 0 Å². The van der Waals surface area contributed by atoms with Crippen LogP contribution in [0.15, 0.2) is 47.3 Å². The van der Waals surface area contributed by atoms with Crippen molar-refractivity contribution in [1.82, 2.24) is 14.7 Å². The van der Waals surface area contributed by atoms with Crippen LogP contribution in [-0.2, 0) is 20.1 Å². The van der Waals surface area contributed by atoms with Crippen LogP contribution >= 0.6 is 11.6 Å². The summed E-state index contributed by atoms with van der Waals surface area (Å²) < 4.78 is 15.8. The Morgan fingerprint density at radius 1 is 1.21 bits per heavy atom. The highest BCUT2D eigenvalue weighted by molar-refractivity contribution is 6.31. The number of benzene rings is 1. The summed E-state index contributed by atoms with van der Waals surface area (Å²) in [5.74, 6) is 0.0337. The quantitative estimate of drug-likeness (QED) is 0.550. The number of anilines is 1. The molecule has 0 saturated heterocycles. The van der Waals surface area contributed by atoms with Crippen LogP contribution in [0.3, 0.4) is 0 Å². The Balaban J connectivity index is 0.00000158. The van der Waals surface area contributed by atoms with Gasteiger partial charge in [-0.05, 0) is 25.1 Å². The van der Waals surface area contributed by atoms with Crippen molar-refractivity contribution in [2.75, 3.05) is 11.9 Å². The number of carbonyl (C=O) groups is 1. The van der Waals surface area contributed by atoms with Gasteiger partial charge in [0.1, 0.15) is 11.6 Å². The number of hydrogen-bond acceptors (Lipinski definition) is 4. The zero-order valence-corrected chi connectivity index (χ0v) is 21.9. The number of rotatable bonds is 3. The summed E-state index contributed by atoms with van der Waals surface area (Å²) in [4.78, 5) is 14.6. The number of halogens is 2. The molecule has 0 bridgehead atoms. The van der Waals surface area contributed by atoms with Gasteiger partial charge in [-0.2, -0.15) is 5.10 Å². The zero-order valence-electron chi connectivity index (χ0n) is 21.2. The second kappa shape index (κ2) is 16.0. The first-order chi connectivity index (χ1) is 15.9. The number of fused-ring (bicyclic) bond motifs is 1. The Hall–Kier alpha value is -2.64. The molecule has 0 unspecified atom stereocenters. The van der Waals surface area contributed by atoms with Crippen molar-refractivity contribution in [3.63, 3.8) is 0 Å². The maximum Gasteiger partial charge on any atom is 0.254 e. The molecule has 1 aromatic heterocycles. The van der Waals surface area contributed by atoms with Crippen molar-refractivity contribution < 1.29 is 9.18 Å². The summed E-state index contributed by atoms with van der Waals surface area (Å²) in [6.45, 7) is 14.6. The molecule has 0 radical (unpaired) electrons. The molecule has 33 heavy (non-hydrogen) atoms. The molecular weight excluding hydrogens is 441 g/mol. The monoisotopic (exact) mass is 479 g/mol. The van der Waals surface area contributed by atoms with E-state index in [1.165, 1.54) is 6.07 Å². The van der Waals surface area contributed by atoms with Crippen molar-refractivity contribution >= 4 is 23.3 Å². The number of aromatic nitrogens is 2. The van der Waals surface area contributed by atoms with Crippen LogP contribution in [0.5, 0.6) is 0 Å². The first-order valence-electron chi connectivity index (χ1n) is 11.5. The second-order valence-corrected chi connectivity index (χ2v) is 6.72. The third-order valence-corrected chi connectivity index (χ3v) is 4.74. The SMILES string of the molecule is C/C=C(Cl)\C=C1/CN(C(=O)c2ccc(CN)c(F)c2)Cc2cnn(C)c2N1.CC.CC.CC. The molecule has 0 saturated carbocycles. The molecule has 184 valence electrons. The fraction of sp³-hybridized carbons (Fsp3) is 0.440. The van der Waals surface area contributed by atoms with Gasteiger partial charge in [0, 0.05) is 41.0 Å². The highest BCUT2D eigenvalue weighted by Crippen LogP contribution is 2.25. The van der Waals surface area contributed by atoms with Gasteiger partial charge in [0.15, 0.2) is 0 Å². The first-order valence-corrected chi connectivity index (χ1v) is 11.9. The van der Waals surface area contributed by atoms with Gasteiger partial charge >= 0.3 is 0 Å². The molecule has 8 heteroatoms. The van der Waals surface area contributed by atoms with Gasteiger partial charge in [0.25, 0.3) is 5.91 Å². The molecule has 1 aliphatic heterocycles. The number of nitrogens with one attached hydrogen (secondary N) is 1. The minimum Gasteiger partial charge on any atom is -0.342 e. The highest BCUT2D eigenvalue weighted by atomic mass is 35.5. The molecule has 0 aliphatic carbocycles. The fourth-order valence-electron chi connectivity index (χ4n) is 2.92. The zero-order chi connectivity index (χ0) is 25.6. The molecular formula is C25H39ClFN5O. The Morgan fingerprint density at radius 3 is 2.39 bits per heavy atom. The predicted molar refractivity (Wildman–Crippen MR) is 138 cm³/mol. The predicted octanol–water partition coefficient (Wildman–Crippen LogP) is 6.19. The summed E-state index contributed by atoms with van der Waals surface area (Å²) in [7, 11) is 1.82. The maximum atomic E-state index is 14.1.